The van der Waals surface area contributed by atoms with Crippen LogP contribution in [0.4, 0.5) is 0 Å². The van der Waals surface area contributed by atoms with E-state index in [0.29, 0.717) is 6.54 Å². The molecule has 1 saturated heterocycles. The van der Waals surface area contributed by atoms with Crippen LogP contribution in [-0.2, 0) is 29.5 Å². The Morgan fingerprint density at radius 3 is 2.58 bits per heavy atom. The molecule has 1 aromatic heterocycles. The lowest BCUT2D eigenvalue weighted by molar-refractivity contribution is 0.0513. The second kappa shape index (κ2) is 11.9. The highest BCUT2D eigenvalue weighted by Crippen LogP contribution is 2.40. The van der Waals surface area contributed by atoms with Gasteiger partial charge in [0.25, 0.3) is 0 Å². The van der Waals surface area contributed by atoms with Crippen LogP contribution >= 0.6 is 24.0 Å². The van der Waals surface area contributed by atoms with Gasteiger partial charge in [-0.1, -0.05) is 25.1 Å². The third-order valence-corrected chi connectivity index (χ3v) is 6.38. The first-order valence-corrected chi connectivity index (χ1v) is 11.7. The highest BCUT2D eigenvalue weighted by Gasteiger charge is 2.36. The summed E-state index contributed by atoms with van der Waals surface area (Å²) in [5.41, 5.74) is 3.27. The van der Waals surface area contributed by atoms with E-state index in [0.717, 1.165) is 86.5 Å². The number of benzene rings is 1. The van der Waals surface area contributed by atoms with Gasteiger partial charge in [0.05, 0.1) is 12.2 Å². The van der Waals surface area contributed by atoms with Gasteiger partial charge < -0.3 is 29.4 Å². The van der Waals surface area contributed by atoms with Gasteiger partial charge in [-0.25, -0.2) is 4.99 Å². The minimum absolute atomic E-state index is 0. The van der Waals surface area contributed by atoms with Crippen molar-refractivity contribution in [1.82, 2.24) is 15.8 Å². The molecule has 3 heterocycles. The molecule has 0 saturated carbocycles. The molecular weight excluding hydrogens is 535 g/mol. The Balaban J connectivity index is 0.00000306. The number of fused-ring (bicyclic) bond motifs is 1. The number of aliphatic imine (C=N–C) groups is 1. The number of hydrogen-bond acceptors (Lipinski definition) is 6. The number of nitrogens with one attached hydrogen (secondary N) is 2. The molecule has 182 valence electrons. The smallest absolute Gasteiger partial charge is 0.231 e. The summed E-state index contributed by atoms with van der Waals surface area (Å²) in [6, 6.07) is 6.29. The van der Waals surface area contributed by atoms with E-state index in [4.69, 9.17) is 23.7 Å². The van der Waals surface area contributed by atoms with Crippen LogP contribution in [0.15, 0.2) is 27.7 Å². The SMILES string of the molecule is CCNC(=NCc1c(CC)noc1CC)NCC1(c2ccc3c(c2)OCO3)CCOCC1.I. The third-order valence-electron chi connectivity index (χ3n) is 6.38. The van der Waals surface area contributed by atoms with Crippen LogP contribution in [0.2, 0.25) is 0 Å². The number of guanidine groups is 1. The number of hydrogen-bond donors (Lipinski definition) is 2. The molecule has 0 radical (unpaired) electrons. The average Bonchev–Trinajstić information content (AvgIpc) is 3.47. The molecule has 1 aromatic carbocycles. The lowest BCUT2D eigenvalue weighted by Crippen LogP contribution is -2.48. The van der Waals surface area contributed by atoms with E-state index in [2.05, 4.69) is 48.7 Å². The van der Waals surface area contributed by atoms with Gasteiger partial charge in [0.15, 0.2) is 17.5 Å². The normalized spacial score (nSPS) is 16.9. The molecule has 0 amide bonds. The van der Waals surface area contributed by atoms with Crippen LogP contribution in [0.1, 0.15) is 56.2 Å². The highest BCUT2D eigenvalue weighted by atomic mass is 127. The second-order valence-corrected chi connectivity index (χ2v) is 8.25. The first kappa shape index (κ1) is 25.6. The molecule has 1 fully saturated rings. The quantitative estimate of drug-likeness (QED) is 0.282. The van der Waals surface area contributed by atoms with Crippen LogP contribution in [0, 0.1) is 0 Å². The molecule has 8 nitrogen and oxygen atoms in total. The lowest BCUT2D eigenvalue weighted by Gasteiger charge is -2.38. The van der Waals surface area contributed by atoms with E-state index in [1.165, 1.54) is 5.56 Å². The molecule has 9 heteroatoms. The molecule has 2 N–H and O–H groups in total. The topological polar surface area (TPSA) is 90.1 Å². The van der Waals surface area contributed by atoms with E-state index >= 15 is 0 Å². The summed E-state index contributed by atoms with van der Waals surface area (Å²) in [7, 11) is 0. The molecule has 33 heavy (non-hydrogen) atoms. The largest absolute Gasteiger partial charge is 0.454 e. The van der Waals surface area contributed by atoms with Crippen molar-refractivity contribution >= 4 is 29.9 Å². The van der Waals surface area contributed by atoms with E-state index in [1.807, 2.05) is 6.07 Å². The van der Waals surface area contributed by atoms with Crippen molar-refractivity contribution in [3.63, 3.8) is 0 Å². The Bertz CT molecular complexity index is 919. The Hall–Kier alpha value is -2.01. The molecule has 0 atom stereocenters. The van der Waals surface area contributed by atoms with Crippen molar-refractivity contribution < 1.29 is 18.7 Å². The molecule has 0 bridgehead atoms. The molecule has 0 unspecified atom stereocenters. The van der Waals surface area contributed by atoms with E-state index in [1.54, 1.807) is 0 Å². The molecule has 2 aromatic rings. The summed E-state index contributed by atoms with van der Waals surface area (Å²) >= 11 is 0. The van der Waals surface area contributed by atoms with Crippen LogP contribution in [0.5, 0.6) is 11.5 Å². The Morgan fingerprint density at radius 2 is 1.85 bits per heavy atom. The van der Waals surface area contributed by atoms with Crippen molar-refractivity contribution in [1.29, 1.82) is 0 Å². The Labute approximate surface area is 212 Å². The molecule has 0 spiro atoms. The van der Waals surface area contributed by atoms with Crippen LogP contribution < -0.4 is 20.1 Å². The van der Waals surface area contributed by atoms with Crippen molar-refractivity contribution in [2.24, 2.45) is 4.99 Å². The first-order chi connectivity index (χ1) is 15.7. The zero-order valence-corrected chi connectivity index (χ0v) is 22.1. The van der Waals surface area contributed by atoms with Gasteiger partial charge >= 0.3 is 0 Å². The maximum absolute atomic E-state index is 5.69. The zero-order valence-electron chi connectivity index (χ0n) is 19.7. The van der Waals surface area contributed by atoms with Crippen molar-refractivity contribution in [2.45, 2.75) is 58.4 Å². The fourth-order valence-corrected chi connectivity index (χ4v) is 4.43. The fourth-order valence-electron chi connectivity index (χ4n) is 4.43. The predicted molar refractivity (Wildman–Crippen MR) is 138 cm³/mol. The number of nitrogens with zero attached hydrogens (tertiary/aromatic N) is 2. The first-order valence-electron chi connectivity index (χ1n) is 11.7. The monoisotopic (exact) mass is 570 g/mol. The summed E-state index contributed by atoms with van der Waals surface area (Å²) in [4.78, 5) is 4.86. The lowest BCUT2D eigenvalue weighted by atomic mass is 9.74. The molecule has 4 rings (SSSR count). The van der Waals surface area contributed by atoms with Crippen molar-refractivity contribution in [3.05, 3.63) is 40.8 Å². The molecule has 2 aliphatic rings. The average molecular weight is 570 g/mol. The Kier molecular flexibility index (Phi) is 9.25. The van der Waals surface area contributed by atoms with Crippen LogP contribution in [-0.4, -0.2) is 44.2 Å². The van der Waals surface area contributed by atoms with Crippen molar-refractivity contribution in [2.75, 3.05) is 33.1 Å². The summed E-state index contributed by atoms with van der Waals surface area (Å²) < 4.78 is 22.3. The van der Waals surface area contributed by atoms with Crippen LogP contribution in [0.3, 0.4) is 0 Å². The standard InChI is InChI=1S/C24H34N4O4.HI/c1-4-19-18(20(5-2)32-28-19)14-26-23(25-6-3)27-15-24(9-11-29-12-10-24)17-7-8-21-22(13-17)31-16-30-21;/h7-8,13H,4-6,9-12,14-16H2,1-3H3,(H2,25,26,27);1H. The predicted octanol–water partition coefficient (Wildman–Crippen LogP) is 3.95. The van der Waals surface area contributed by atoms with Crippen molar-refractivity contribution in [3.8, 4) is 11.5 Å². The number of aryl methyl sites for hydroxylation is 2. The highest BCUT2D eigenvalue weighted by molar-refractivity contribution is 14.0. The van der Waals surface area contributed by atoms with Gasteiger partial charge in [0.1, 0.15) is 5.76 Å². The third kappa shape index (κ3) is 5.74. The van der Waals surface area contributed by atoms with Crippen LogP contribution in [0.25, 0.3) is 0 Å². The zero-order chi connectivity index (χ0) is 22.4. The minimum atomic E-state index is -0.0597. The second-order valence-electron chi connectivity index (χ2n) is 8.25. The van der Waals surface area contributed by atoms with Gasteiger partial charge in [-0.15, -0.1) is 24.0 Å². The maximum atomic E-state index is 5.69. The van der Waals surface area contributed by atoms with Gasteiger partial charge in [0, 0.05) is 43.7 Å². The molecule has 0 aliphatic carbocycles. The number of rotatable bonds is 8. The Morgan fingerprint density at radius 1 is 1.06 bits per heavy atom. The summed E-state index contributed by atoms with van der Waals surface area (Å²) in [5.74, 6) is 3.35. The number of ether oxygens (including phenoxy) is 3. The molecule has 2 aliphatic heterocycles. The summed E-state index contributed by atoms with van der Waals surface area (Å²) in [6.45, 7) is 10.1. The van der Waals surface area contributed by atoms with Gasteiger partial charge in [0.2, 0.25) is 6.79 Å². The van der Waals surface area contributed by atoms with Gasteiger partial charge in [-0.3, -0.25) is 0 Å². The number of aromatic nitrogens is 1. The van der Waals surface area contributed by atoms with E-state index in [9.17, 15) is 0 Å². The fraction of sp³-hybridized carbons (Fsp3) is 0.583. The number of halogens is 1. The maximum Gasteiger partial charge on any atom is 0.231 e. The molecular formula is C24H35IN4O4. The minimum Gasteiger partial charge on any atom is -0.454 e. The van der Waals surface area contributed by atoms with Gasteiger partial charge in [-0.2, -0.15) is 0 Å². The summed E-state index contributed by atoms with van der Waals surface area (Å²) in [6.07, 6.45) is 3.52. The van der Waals surface area contributed by atoms with E-state index < -0.39 is 0 Å². The summed E-state index contributed by atoms with van der Waals surface area (Å²) in [5, 5.41) is 11.2. The van der Waals surface area contributed by atoms with Gasteiger partial charge in [-0.05, 0) is 43.9 Å². The van der Waals surface area contributed by atoms with E-state index in [-0.39, 0.29) is 36.2 Å².